The van der Waals surface area contributed by atoms with Gasteiger partial charge in [0.2, 0.25) is 5.95 Å². The number of aliphatic hydroxyl groups excluding tert-OH is 3. The molecule has 0 radical (unpaired) electrons. The Bertz CT molecular complexity index is 1510. The first-order valence-corrected chi connectivity index (χ1v) is 14.3. The molecule has 0 amide bonds. The van der Waals surface area contributed by atoms with Crippen molar-refractivity contribution in [2.24, 2.45) is 5.92 Å². The molecule has 0 saturated heterocycles. The Morgan fingerprint density at radius 1 is 1.08 bits per heavy atom. The summed E-state index contributed by atoms with van der Waals surface area (Å²) in [5.41, 5.74) is 5.80. The van der Waals surface area contributed by atoms with Gasteiger partial charge in [-0.2, -0.15) is 4.98 Å². The van der Waals surface area contributed by atoms with Crippen molar-refractivity contribution in [1.29, 1.82) is 0 Å². The van der Waals surface area contributed by atoms with Crippen LogP contribution >= 0.6 is 11.3 Å². The number of fused-ring (bicyclic) bond motifs is 1. The average molecular weight is 547 g/mol. The summed E-state index contributed by atoms with van der Waals surface area (Å²) in [5, 5.41) is 38.5. The highest BCUT2D eigenvalue weighted by Crippen LogP contribution is 2.44. The van der Waals surface area contributed by atoms with Gasteiger partial charge in [-0.05, 0) is 51.7 Å². The summed E-state index contributed by atoms with van der Waals surface area (Å²) >= 11 is 1.58. The zero-order valence-electron chi connectivity index (χ0n) is 22.3. The first-order chi connectivity index (χ1) is 18.8. The van der Waals surface area contributed by atoms with Gasteiger partial charge in [0, 0.05) is 24.6 Å². The lowest BCUT2D eigenvalue weighted by atomic mass is 10.1. The van der Waals surface area contributed by atoms with Crippen molar-refractivity contribution >= 4 is 33.3 Å². The molecule has 0 spiro atoms. The molecule has 5 atom stereocenters. The third-order valence-electron chi connectivity index (χ3n) is 7.85. The minimum atomic E-state index is -1.03. The van der Waals surface area contributed by atoms with Gasteiger partial charge in [-0.1, -0.05) is 29.8 Å². The SMILES string of the molecule is Cc1cccc(C(C)Nc2nc(C)c(-c3nc4c(C5CC5)nccc4s3)c(NC3CC(CO)C(O)C3O)n2)c1. The van der Waals surface area contributed by atoms with Crippen molar-refractivity contribution in [1.82, 2.24) is 19.9 Å². The molecule has 3 aromatic heterocycles. The number of pyridine rings is 1. The lowest BCUT2D eigenvalue weighted by Gasteiger charge is -2.22. The van der Waals surface area contributed by atoms with E-state index in [-0.39, 0.29) is 12.6 Å². The van der Waals surface area contributed by atoms with Crippen LogP contribution in [0.3, 0.4) is 0 Å². The highest BCUT2D eigenvalue weighted by molar-refractivity contribution is 7.21. The van der Waals surface area contributed by atoms with Crippen LogP contribution in [0.1, 0.15) is 60.7 Å². The minimum absolute atomic E-state index is 0.0321. The highest BCUT2D eigenvalue weighted by Gasteiger charge is 2.41. The number of benzene rings is 1. The van der Waals surface area contributed by atoms with Crippen LogP contribution in [0, 0.1) is 19.8 Å². The number of aryl methyl sites for hydroxylation is 2. The molecule has 2 saturated carbocycles. The van der Waals surface area contributed by atoms with E-state index in [0.29, 0.717) is 24.1 Å². The number of aliphatic hydroxyl groups is 3. The lowest BCUT2D eigenvalue weighted by Crippen LogP contribution is -2.35. The zero-order chi connectivity index (χ0) is 27.3. The van der Waals surface area contributed by atoms with Crippen LogP contribution in [0.15, 0.2) is 36.5 Å². The molecule has 204 valence electrons. The number of hydrogen-bond acceptors (Lipinski definition) is 10. The quantitative estimate of drug-likeness (QED) is 0.219. The van der Waals surface area contributed by atoms with E-state index in [0.717, 1.165) is 50.6 Å². The molecule has 3 heterocycles. The molecule has 5 N–H and O–H groups in total. The normalized spacial score (nSPS) is 23.7. The summed E-state index contributed by atoms with van der Waals surface area (Å²) in [6.07, 6.45) is 2.51. The van der Waals surface area contributed by atoms with Crippen LogP contribution in [0.4, 0.5) is 11.8 Å². The van der Waals surface area contributed by atoms with E-state index >= 15 is 0 Å². The van der Waals surface area contributed by atoms with E-state index in [1.54, 1.807) is 11.3 Å². The van der Waals surface area contributed by atoms with E-state index < -0.39 is 24.2 Å². The molecule has 0 bridgehead atoms. The summed E-state index contributed by atoms with van der Waals surface area (Å²) in [7, 11) is 0. The van der Waals surface area contributed by atoms with Crippen molar-refractivity contribution in [2.75, 3.05) is 17.2 Å². The Morgan fingerprint density at radius 2 is 1.90 bits per heavy atom. The molecule has 6 rings (SSSR count). The first kappa shape index (κ1) is 26.1. The zero-order valence-corrected chi connectivity index (χ0v) is 23.1. The van der Waals surface area contributed by atoms with Gasteiger partial charge in [-0.25, -0.2) is 9.97 Å². The Morgan fingerprint density at radius 3 is 2.62 bits per heavy atom. The minimum Gasteiger partial charge on any atom is -0.396 e. The van der Waals surface area contributed by atoms with Gasteiger partial charge >= 0.3 is 0 Å². The molecule has 0 aliphatic heterocycles. The maximum Gasteiger partial charge on any atom is 0.225 e. The second kappa shape index (κ2) is 10.4. The number of rotatable bonds is 8. The molecule has 1 aromatic carbocycles. The van der Waals surface area contributed by atoms with Crippen LogP contribution in [0.2, 0.25) is 0 Å². The van der Waals surface area contributed by atoms with Gasteiger partial charge in [0.05, 0.1) is 39.8 Å². The maximum atomic E-state index is 10.8. The Balaban J connectivity index is 1.40. The Hall–Kier alpha value is -3.18. The molecular weight excluding hydrogens is 512 g/mol. The largest absolute Gasteiger partial charge is 0.396 e. The maximum absolute atomic E-state index is 10.8. The van der Waals surface area contributed by atoms with Crippen LogP contribution in [0.25, 0.3) is 20.8 Å². The topological polar surface area (TPSA) is 136 Å². The van der Waals surface area contributed by atoms with Gasteiger partial charge in [-0.3, -0.25) is 4.98 Å². The molecule has 39 heavy (non-hydrogen) atoms. The van der Waals surface area contributed by atoms with Crippen LogP contribution in [-0.2, 0) is 0 Å². The molecule has 4 aromatic rings. The van der Waals surface area contributed by atoms with E-state index in [1.807, 2.05) is 25.3 Å². The Labute approximate surface area is 231 Å². The summed E-state index contributed by atoms with van der Waals surface area (Å²) in [6.45, 7) is 5.88. The lowest BCUT2D eigenvalue weighted by molar-refractivity contribution is 0.00446. The number of anilines is 2. The van der Waals surface area contributed by atoms with E-state index in [4.69, 9.17) is 15.0 Å². The van der Waals surface area contributed by atoms with Gasteiger partial charge in [-0.15, -0.1) is 11.3 Å². The standard InChI is InChI=1S/C29H34N6O3S/c1-14-5-4-6-18(11-14)15(2)31-29-32-16(3)22(27(35-29)33-20-12-19(13-36)25(37)26(20)38)28-34-24-21(39-28)9-10-30-23(24)17-7-8-17/h4-6,9-11,15,17,19-20,25-26,36-38H,7-8,12-13H2,1-3H3,(H2,31,32,33,35). The molecule has 2 aliphatic carbocycles. The monoisotopic (exact) mass is 546 g/mol. The molecule has 2 aliphatic rings. The number of thiazole rings is 1. The molecule has 9 nitrogen and oxygen atoms in total. The smallest absolute Gasteiger partial charge is 0.225 e. The number of nitrogens with one attached hydrogen (secondary N) is 2. The van der Waals surface area contributed by atoms with E-state index in [9.17, 15) is 15.3 Å². The van der Waals surface area contributed by atoms with Gasteiger partial charge in [0.25, 0.3) is 0 Å². The van der Waals surface area contributed by atoms with Gasteiger partial charge in [0.1, 0.15) is 22.4 Å². The Kier molecular flexibility index (Phi) is 6.96. The molecule has 10 heteroatoms. The second-order valence-electron chi connectivity index (χ2n) is 10.9. The number of nitrogens with zero attached hydrogens (tertiary/aromatic N) is 4. The summed E-state index contributed by atoms with van der Waals surface area (Å²) < 4.78 is 1.07. The first-order valence-electron chi connectivity index (χ1n) is 13.5. The number of aromatic nitrogens is 4. The van der Waals surface area contributed by atoms with Crippen molar-refractivity contribution in [3.05, 3.63) is 59.0 Å². The summed E-state index contributed by atoms with van der Waals surface area (Å²) in [6, 6.07) is 9.79. The average Bonchev–Trinajstić information content (AvgIpc) is 3.61. The third-order valence-corrected chi connectivity index (χ3v) is 8.89. The van der Waals surface area contributed by atoms with E-state index in [2.05, 4.69) is 47.7 Å². The van der Waals surface area contributed by atoms with Crippen LogP contribution < -0.4 is 10.6 Å². The van der Waals surface area contributed by atoms with E-state index in [1.165, 1.54) is 5.56 Å². The van der Waals surface area contributed by atoms with Crippen molar-refractivity contribution in [2.45, 2.75) is 70.2 Å². The van der Waals surface area contributed by atoms with Crippen molar-refractivity contribution < 1.29 is 15.3 Å². The fourth-order valence-electron chi connectivity index (χ4n) is 5.48. The fourth-order valence-corrected chi connectivity index (χ4v) is 6.54. The third kappa shape index (κ3) is 5.09. The predicted octanol–water partition coefficient (Wildman–Crippen LogP) is 4.33. The molecular formula is C29H34N6O3S. The van der Waals surface area contributed by atoms with Gasteiger partial charge in [0.15, 0.2) is 0 Å². The fraction of sp³-hybridized carbons (Fsp3) is 0.448. The molecule has 5 unspecified atom stereocenters. The van der Waals surface area contributed by atoms with Crippen LogP contribution in [-0.4, -0.2) is 60.1 Å². The van der Waals surface area contributed by atoms with Crippen LogP contribution in [0.5, 0.6) is 0 Å². The van der Waals surface area contributed by atoms with Crippen molar-refractivity contribution in [3.8, 4) is 10.6 Å². The second-order valence-corrected chi connectivity index (χ2v) is 11.9. The van der Waals surface area contributed by atoms with Gasteiger partial charge < -0.3 is 26.0 Å². The predicted molar refractivity (Wildman–Crippen MR) is 153 cm³/mol. The molecule has 2 fully saturated rings. The summed E-state index contributed by atoms with van der Waals surface area (Å²) in [4.78, 5) is 19.3. The van der Waals surface area contributed by atoms with Crippen molar-refractivity contribution in [3.63, 3.8) is 0 Å². The summed E-state index contributed by atoms with van der Waals surface area (Å²) in [5.74, 6) is 1.06. The highest BCUT2D eigenvalue weighted by atomic mass is 32.1. The number of hydrogen-bond donors (Lipinski definition) is 5.